The molecule has 34 heavy (non-hydrogen) atoms. The highest BCUT2D eigenvalue weighted by Gasteiger charge is 2.51. The van der Waals surface area contributed by atoms with E-state index in [4.69, 9.17) is 16.3 Å². The van der Waals surface area contributed by atoms with Gasteiger partial charge in [-0.3, -0.25) is 4.79 Å². The number of ether oxygens (including phenoxy) is 1. The minimum absolute atomic E-state index is 0.0554. The molecule has 172 valence electrons. The predicted molar refractivity (Wildman–Crippen MR) is 130 cm³/mol. The van der Waals surface area contributed by atoms with Crippen LogP contribution in [0.1, 0.15) is 30.9 Å². The second-order valence-corrected chi connectivity index (χ2v) is 8.76. The van der Waals surface area contributed by atoms with Crippen LogP contribution in [0.2, 0.25) is 5.02 Å². The Kier molecular flexibility index (Phi) is 5.75. The Labute approximate surface area is 201 Å². The van der Waals surface area contributed by atoms with Crippen LogP contribution < -0.4 is 10.1 Å². The summed E-state index contributed by atoms with van der Waals surface area (Å²) in [7, 11) is 0. The standard InChI is InChI=1S/C25H23ClN6O2/c1-3-34-23-15(2)11-16(14-27-23)20-8-7-19(13-21(20)22-29-31-32-30-22)28-24(33)25(9-10-25)17-5-4-6-18(26)12-17/h4-8,11-14H,3,9-10H2,1-2H3,(H,28,33)(H,29,30,31,32). The molecular formula is C25H23ClN6O2. The maximum absolute atomic E-state index is 13.3. The third-order valence-electron chi connectivity index (χ3n) is 6.05. The first kappa shape index (κ1) is 22.0. The summed E-state index contributed by atoms with van der Waals surface area (Å²) < 4.78 is 5.57. The number of halogens is 1. The number of tetrazole rings is 1. The minimum atomic E-state index is -0.550. The summed E-state index contributed by atoms with van der Waals surface area (Å²) >= 11 is 6.17. The number of aromatic amines is 1. The van der Waals surface area contributed by atoms with Gasteiger partial charge in [0.15, 0.2) is 0 Å². The Morgan fingerprint density at radius 3 is 2.71 bits per heavy atom. The lowest BCUT2D eigenvalue weighted by molar-refractivity contribution is -0.118. The van der Waals surface area contributed by atoms with Crippen molar-refractivity contribution in [1.82, 2.24) is 25.6 Å². The highest BCUT2D eigenvalue weighted by molar-refractivity contribution is 6.30. The highest BCUT2D eigenvalue weighted by Crippen LogP contribution is 2.49. The largest absolute Gasteiger partial charge is 0.478 e. The lowest BCUT2D eigenvalue weighted by Gasteiger charge is -2.17. The zero-order valence-electron chi connectivity index (χ0n) is 18.8. The lowest BCUT2D eigenvalue weighted by Crippen LogP contribution is -2.27. The Hall–Kier alpha value is -3.78. The van der Waals surface area contributed by atoms with Gasteiger partial charge in [-0.1, -0.05) is 29.8 Å². The Bertz CT molecular complexity index is 1350. The van der Waals surface area contributed by atoms with Crippen LogP contribution >= 0.6 is 11.6 Å². The third kappa shape index (κ3) is 4.12. The molecule has 2 aromatic carbocycles. The monoisotopic (exact) mass is 474 g/mol. The summed E-state index contributed by atoms with van der Waals surface area (Å²) in [4.78, 5) is 17.7. The molecule has 1 amide bonds. The van der Waals surface area contributed by atoms with E-state index in [9.17, 15) is 4.79 Å². The molecule has 0 spiro atoms. The molecule has 0 atom stereocenters. The predicted octanol–water partition coefficient (Wildman–Crippen LogP) is 4.96. The van der Waals surface area contributed by atoms with E-state index in [1.807, 2.05) is 62.4 Å². The number of aryl methyl sites for hydroxylation is 1. The number of nitrogens with zero attached hydrogens (tertiary/aromatic N) is 4. The molecule has 0 radical (unpaired) electrons. The minimum Gasteiger partial charge on any atom is -0.478 e. The molecule has 2 aromatic heterocycles. The van der Waals surface area contributed by atoms with Crippen LogP contribution in [-0.2, 0) is 10.2 Å². The molecule has 4 aromatic rings. The summed E-state index contributed by atoms with van der Waals surface area (Å²) in [6.45, 7) is 4.43. The number of carbonyl (C=O) groups excluding carboxylic acids is 1. The van der Waals surface area contributed by atoms with Gasteiger partial charge in [0.05, 0.1) is 12.0 Å². The van der Waals surface area contributed by atoms with Gasteiger partial charge >= 0.3 is 0 Å². The number of nitrogens with one attached hydrogen (secondary N) is 2. The van der Waals surface area contributed by atoms with Crippen LogP contribution in [0.25, 0.3) is 22.5 Å². The van der Waals surface area contributed by atoms with Gasteiger partial charge < -0.3 is 10.1 Å². The fourth-order valence-electron chi connectivity index (χ4n) is 4.14. The van der Waals surface area contributed by atoms with Crippen LogP contribution in [0.3, 0.4) is 0 Å². The molecule has 9 heteroatoms. The number of aromatic nitrogens is 5. The fourth-order valence-corrected chi connectivity index (χ4v) is 4.33. The van der Waals surface area contributed by atoms with Gasteiger partial charge in [0.1, 0.15) is 0 Å². The molecular weight excluding hydrogens is 452 g/mol. The first-order valence-electron chi connectivity index (χ1n) is 11.1. The zero-order chi connectivity index (χ0) is 23.7. The van der Waals surface area contributed by atoms with Gasteiger partial charge in [-0.2, -0.15) is 5.21 Å². The number of carbonyl (C=O) groups is 1. The smallest absolute Gasteiger partial charge is 0.235 e. The zero-order valence-corrected chi connectivity index (χ0v) is 19.6. The van der Waals surface area contributed by atoms with E-state index in [0.29, 0.717) is 29.0 Å². The van der Waals surface area contributed by atoms with Crippen molar-refractivity contribution in [3.8, 4) is 28.4 Å². The van der Waals surface area contributed by atoms with Crippen LogP contribution in [-0.4, -0.2) is 38.1 Å². The van der Waals surface area contributed by atoms with Crippen molar-refractivity contribution < 1.29 is 9.53 Å². The van der Waals surface area contributed by atoms with Crippen molar-refractivity contribution in [2.45, 2.75) is 32.1 Å². The van der Waals surface area contributed by atoms with Gasteiger partial charge in [-0.25, -0.2) is 4.98 Å². The first-order chi connectivity index (χ1) is 16.5. The van der Waals surface area contributed by atoms with E-state index < -0.39 is 5.41 Å². The molecule has 1 aliphatic rings. The number of hydrogen-bond donors (Lipinski definition) is 2. The highest BCUT2D eigenvalue weighted by atomic mass is 35.5. The van der Waals surface area contributed by atoms with Crippen LogP contribution in [0.15, 0.2) is 54.7 Å². The van der Waals surface area contributed by atoms with E-state index in [1.165, 1.54) is 0 Å². The second kappa shape index (κ2) is 8.87. The molecule has 1 fully saturated rings. The molecule has 8 nitrogen and oxygen atoms in total. The number of pyridine rings is 1. The second-order valence-electron chi connectivity index (χ2n) is 8.32. The topological polar surface area (TPSA) is 106 Å². The van der Waals surface area contributed by atoms with Crippen LogP contribution in [0.5, 0.6) is 5.88 Å². The number of anilines is 1. The normalized spacial score (nSPS) is 14.0. The van der Waals surface area contributed by atoms with Crippen LogP contribution in [0.4, 0.5) is 5.69 Å². The molecule has 0 aliphatic heterocycles. The Morgan fingerprint density at radius 1 is 1.18 bits per heavy atom. The number of hydrogen-bond acceptors (Lipinski definition) is 6. The van der Waals surface area contributed by atoms with Gasteiger partial charge in [-0.05, 0) is 73.4 Å². The third-order valence-corrected chi connectivity index (χ3v) is 6.28. The number of H-pyrrole nitrogens is 1. The van der Waals surface area contributed by atoms with Crippen molar-refractivity contribution in [3.63, 3.8) is 0 Å². The SMILES string of the molecule is CCOc1ncc(-c2ccc(NC(=O)C3(c4cccc(Cl)c4)CC3)cc2-c2nn[nH]n2)cc1C. The summed E-state index contributed by atoms with van der Waals surface area (Å²) in [6, 6.07) is 15.2. The van der Waals surface area contributed by atoms with E-state index >= 15 is 0 Å². The lowest BCUT2D eigenvalue weighted by atomic mass is 9.94. The van der Waals surface area contributed by atoms with E-state index in [1.54, 1.807) is 6.20 Å². The average Bonchev–Trinajstić information content (AvgIpc) is 3.47. The fraction of sp³-hybridized carbons (Fsp3) is 0.240. The van der Waals surface area contributed by atoms with Gasteiger partial charge in [-0.15, -0.1) is 10.2 Å². The molecule has 1 aliphatic carbocycles. The Morgan fingerprint density at radius 2 is 2.03 bits per heavy atom. The van der Waals surface area contributed by atoms with Crippen molar-refractivity contribution in [2.75, 3.05) is 11.9 Å². The van der Waals surface area contributed by atoms with Crippen molar-refractivity contribution in [3.05, 3.63) is 70.9 Å². The molecule has 2 heterocycles. The van der Waals surface area contributed by atoms with Gasteiger partial charge in [0.2, 0.25) is 17.6 Å². The maximum Gasteiger partial charge on any atom is 0.235 e. The first-order valence-corrected chi connectivity index (χ1v) is 11.4. The van der Waals surface area contributed by atoms with Gasteiger partial charge in [0.25, 0.3) is 0 Å². The summed E-state index contributed by atoms with van der Waals surface area (Å²) in [5.41, 5.74) is 4.44. The summed E-state index contributed by atoms with van der Waals surface area (Å²) in [5, 5.41) is 18.2. The molecule has 2 N–H and O–H groups in total. The van der Waals surface area contributed by atoms with E-state index in [0.717, 1.165) is 40.7 Å². The maximum atomic E-state index is 13.3. The van der Waals surface area contributed by atoms with E-state index in [2.05, 4.69) is 30.9 Å². The van der Waals surface area contributed by atoms with Crippen molar-refractivity contribution in [1.29, 1.82) is 0 Å². The number of amides is 1. The molecule has 1 saturated carbocycles. The summed E-state index contributed by atoms with van der Waals surface area (Å²) in [6.07, 6.45) is 3.33. The van der Waals surface area contributed by atoms with Crippen molar-refractivity contribution >= 4 is 23.2 Å². The molecule has 0 saturated heterocycles. The number of benzene rings is 2. The van der Waals surface area contributed by atoms with Crippen molar-refractivity contribution in [2.24, 2.45) is 0 Å². The average molecular weight is 475 g/mol. The van der Waals surface area contributed by atoms with Crippen LogP contribution in [0, 0.1) is 6.92 Å². The molecule has 5 rings (SSSR count). The quantitative estimate of drug-likeness (QED) is 0.392. The van der Waals surface area contributed by atoms with E-state index in [-0.39, 0.29) is 5.91 Å². The molecule has 0 unspecified atom stereocenters. The molecule has 0 bridgehead atoms. The van der Waals surface area contributed by atoms with Gasteiger partial charge in [0, 0.05) is 33.6 Å². The number of rotatable bonds is 7. The summed E-state index contributed by atoms with van der Waals surface area (Å²) in [5.74, 6) is 0.973. The Balaban J connectivity index is 1.48.